The summed E-state index contributed by atoms with van der Waals surface area (Å²) in [5, 5.41) is 10.7. The molecule has 0 aromatic heterocycles. The molecule has 116 valence electrons. The molecule has 3 nitrogen and oxygen atoms in total. The van der Waals surface area contributed by atoms with Crippen molar-refractivity contribution in [1.82, 2.24) is 0 Å². The SMILES string of the molecule is CC(N)c1ccc(N2CCC3(O)CCCCC3C2)c(F)c1. The lowest BCUT2D eigenvalue weighted by Gasteiger charge is -2.48. The van der Waals surface area contributed by atoms with Gasteiger partial charge in [-0.3, -0.25) is 0 Å². The van der Waals surface area contributed by atoms with Gasteiger partial charge in [0, 0.05) is 25.0 Å². The molecule has 0 radical (unpaired) electrons. The number of nitrogens with zero attached hydrogens (tertiary/aromatic N) is 1. The van der Waals surface area contributed by atoms with E-state index in [1.165, 1.54) is 6.42 Å². The van der Waals surface area contributed by atoms with E-state index in [0.29, 0.717) is 5.69 Å². The third-order valence-corrected chi connectivity index (χ3v) is 5.27. The van der Waals surface area contributed by atoms with Gasteiger partial charge in [-0.2, -0.15) is 0 Å². The van der Waals surface area contributed by atoms with E-state index in [4.69, 9.17) is 5.73 Å². The summed E-state index contributed by atoms with van der Waals surface area (Å²) in [6.07, 6.45) is 4.98. The standard InChI is InChI=1S/C17H25FN2O/c1-12(19)13-5-6-16(15(18)10-13)20-9-8-17(21)7-3-2-4-14(17)11-20/h5-6,10,12,14,21H,2-4,7-9,11,19H2,1H3. The van der Waals surface area contributed by atoms with Gasteiger partial charge in [-0.05, 0) is 43.9 Å². The Kier molecular flexibility index (Phi) is 3.93. The number of fused-ring (bicyclic) bond motifs is 1. The maximum atomic E-state index is 14.4. The molecule has 4 heteroatoms. The molecule has 0 spiro atoms. The van der Waals surface area contributed by atoms with Crippen molar-refractivity contribution < 1.29 is 9.50 Å². The molecule has 2 fully saturated rings. The van der Waals surface area contributed by atoms with Crippen LogP contribution in [0.5, 0.6) is 0 Å². The zero-order valence-electron chi connectivity index (χ0n) is 12.7. The smallest absolute Gasteiger partial charge is 0.146 e. The molecule has 1 heterocycles. The number of nitrogens with two attached hydrogens (primary N) is 1. The summed E-state index contributed by atoms with van der Waals surface area (Å²) in [5.41, 5.74) is 6.75. The van der Waals surface area contributed by atoms with Crippen LogP contribution in [0.15, 0.2) is 18.2 Å². The molecule has 21 heavy (non-hydrogen) atoms. The fourth-order valence-electron chi connectivity index (χ4n) is 3.85. The van der Waals surface area contributed by atoms with Crippen LogP contribution in [0.2, 0.25) is 0 Å². The van der Waals surface area contributed by atoms with Crippen molar-refractivity contribution >= 4 is 5.69 Å². The Morgan fingerprint density at radius 1 is 1.38 bits per heavy atom. The first-order valence-electron chi connectivity index (χ1n) is 8.02. The Morgan fingerprint density at radius 2 is 2.19 bits per heavy atom. The molecule has 1 saturated heterocycles. The third-order valence-electron chi connectivity index (χ3n) is 5.27. The van der Waals surface area contributed by atoms with E-state index < -0.39 is 5.60 Å². The molecular formula is C17H25FN2O. The number of hydrogen-bond acceptors (Lipinski definition) is 3. The number of anilines is 1. The Morgan fingerprint density at radius 3 is 2.90 bits per heavy atom. The number of rotatable bonds is 2. The molecular weight excluding hydrogens is 267 g/mol. The lowest BCUT2D eigenvalue weighted by molar-refractivity contribution is -0.0613. The Bertz CT molecular complexity index is 520. The van der Waals surface area contributed by atoms with Gasteiger partial charge in [0.1, 0.15) is 5.82 Å². The minimum Gasteiger partial charge on any atom is -0.389 e. The van der Waals surface area contributed by atoms with Crippen LogP contribution in [0, 0.1) is 11.7 Å². The third kappa shape index (κ3) is 2.79. The monoisotopic (exact) mass is 292 g/mol. The molecule has 3 unspecified atom stereocenters. The molecule has 3 atom stereocenters. The van der Waals surface area contributed by atoms with Crippen LogP contribution in [0.25, 0.3) is 0 Å². The van der Waals surface area contributed by atoms with Crippen LogP contribution in [0.1, 0.15) is 50.6 Å². The highest BCUT2D eigenvalue weighted by Crippen LogP contribution is 2.41. The van der Waals surface area contributed by atoms with Gasteiger partial charge in [0.05, 0.1) is 11.3 Å². The van der Waals surface area contributed by atoms with Crippen LogP contribution in [0.3, 0.4) is 0 Å². The summed E-state index contributed by atoms with van der Waals surface area (Å²) in [4.78, 5) is 2.09. The van der Waals surface area contributed by atoms with Crippen molar-refractivity contribution in [2.45, 2.75) is 50.7 Å². The van der Waals surface area contributed by atoms with E-state index in [9.17, 15) is 9.50 Å². The lowest BCUT2D eigenvalue weighted by atomic mass is 9.71. The van der Waals surface area contributed by atoms with Crippen molar-refractivity contribution in [2.24, 2.45) is 11.7 Å². The Balaban J connectivity index is 1.79. The second-order valence-corrected chi connectivity index (χ2v) is 6.74. The summed E-state index contributed by atoms with van der Waals surface area (Å²) in [5.74, 6) is 0.0681. The summed E-state index contributed by atoms with van der Waals surface area (Å²) in [6.45, 7) is 3.34. The number of piperidine rings is 1. The average molecular weight is 292 g/mol. The maximum Gasteiger partial charge on any atom is 0.146 e. The molecule has 1 aromatic carbocycles. The van der Waals surface area contributed by atoms with Gasteiger partial charge in [0.25, 0.3) is 0 Å². The molecule has 3 N–H and O–H groups in total. The molecule has 0 bridgehead atoms. The van der Waals surface area contributed by atoms with Gasteiger partial charge >= 0.3 is 0 Å². The molecule has 2 aliphatic rings. The number of benzene rings is 1. The highest BCUT2D eigenvalue weighted by Gasteiger charge is 2.43. The normalized spacial score (nSPS) is 30.9. The van der Waals surface area contributed by atoms with Crippen molar-refractivity contribution in [3.8, 4) is 0 Å². The fraction of sp³-hybridized carbons (Fsp3) is 0.647. The minimum atomic E-state index is -0.517. The lowest BCUT2D eigenvalue weighted by Crippen LogP contribution is -2.53. The molecule has 1 aliphatic heterocycles. The summed E-state index contributed by atoms with van der Waals surface area (Å²) < 4.78 is 14.4. The second kappa shape index (κ2) is 5.58. The Labute approximate surface area is 125 Å². The maximum absolute atomic E-state index is 14.4. The average Bonchev–Trinajstić information content (AvgIpc) is 2.46. The molecule has 1 aromatic rings. The zero-order chi connectivity index (χ0) is 15.0. The van der Waals surface area contributed by atoms with Crippen LogP contribution in [0.4, 0.5) is 10.1 Å². The van der Waals surface area contributed by atoms with Crippen LogP contribution >= 0.6 is 0 Å². The first-order chi connectivity index (χ1) is 9.99. The summed E-state index contributed by atoms with van der Waals surface area (Å²) in [6, 6.07) is 5.13. The Hall–Kier alpha value is -1.13. The fourth-order valence-corrected chi connectivity index (χ4v) is 3.85. The van der Waals surface area contributed by atoms with Crippen LogP contribution in [-0.2, 0) is 0 Å². The minimum absolute atomic E-state index is 0.154. The summed E-state index contributed by atoms with van der Waals surface area (Å²) in [7, 11) is 0. The molecule has 1 aliphatic carbocycles. The van der Waals surface area contributed by atoms with Crippen molar-refractivity contribution in [2.75, 3.05) is 18.0 Å². The number of hydrogen-bond donors (Lipinski definition) is 2. The van der Waals surface area contributed by atoms with E-state index >= 15 is 0 Å². The van der Waals surface area contributed by atoms with Gasteiger partial charge in [-0.1, -0.05) is 18.9 Å². The molecule has 0 amide bonds. The highest BCUT2D eigenvalue weighted by atomic mass is 19.1. The highest BCUT2D eigenvalue weighted by molar-refractivity contribution is 5.50. The first kappa shape index (κ1) is 14.8. The van der Waals surface area contributed by atoms with Gasteiger partial charge in [0.15, 0.2) is 0 Å². The van der Waals surface area contributed by atoms with E-state index in [1.807, 2.05) is 19.1 Å². The second-order valence-electron chi connectivity index (χ2n) is 6.74. The number of halogens is 1. The topological polar surface area (TPSA) is 49.5 Å². The van der Waals surface area contributed by atoms with Crippen LogP contribution < -0.4 is 10.6 Å². The molecule has 3 rings (SSSR count). The summed E-state index contributed by atoms with van der Waals surface area (Å²) >= 11 is 0. The quantitative estimate of drug-likeness (QED) is 0.881. The van der Waals surface area contributed by atoms with E-state index in [-0.39, 0.29) is 17.8 Å². The van der Waals surface area contributed by atoms with E-state index in [1.54, 1.807) is 6.07 Å². The van der Waals surface area contributed by atoms with Crippen molar-refractivity contribution in [1.29, 1.82) is 0 Å². The van der Waals surface area contributed by atoms with Crippen molar-refractivity contribution in [3.63, 3.8) is 0 Å². The van der Waals surface area contributed by atoms with Gasteiger partial charge in [-0.25, -0.2) is 4.39 Å². The predicted molar refractivity (Wildman–Crippen MR) is 82.7 cm³/mol. The van der Waals surface area contributed by atoms with E-state index in [2.05, 4.69) is 4.90 Å². The van der Waals surface area contributed by atoms with Gasteiger partial charge in [0.2, 0.25) is 0 Å². The number of aliphatic hydroxyl groups is 1. The molecule has 1 saturated carbocycles. The van der Waals surface area contributed by atoms with Crippen molar-refractivity contribution in [3.05, 3.63) is 29.6 Å². The van der Waals surface area contributed by atoms with E-state index in [0.717, 1.165) is 44.3 Å². The predicted octanol–water partition coefficient (Wildman–Crippen LogP) is 2.98. The van der Waals surface area contributed by atoms with Gasteiger partial charge < -0.3 is 15.7 Å². The van der Waals surface area contributed by atoms with Gasteiger partial charge in [-0.15, -0.1) is 0 Å². The first-order valence-corrected chi connectivity index (χ1v) is 8.02. The van der Waals surface area contributed by atoms with Crippen LogP contribution in [-0.4, -0.2) is 23.8 Å². The largest absolute Gasteiger partial charge is 0.389 e. The zero-order valence-corrected chi connectivity index (χ0v) is 12.7.